The van der Waals surface area contributed by atoms with Gasteiger partial charge in [-0.05, 0) is 50.3 Å². The number of rotatable bonds is 5. The van der Waals surface area contributed by atoms with Gasteiger partial charge in [0.15, 0.2) is 0 Å². The molecule has 126 valence electrons. The fourth-order valence-corrected chi connectivity index (χ4v) is 3.22. The first-order valence-electron chi connectivity index (χ1n) is 8.92. The molecule has 0 aromatic heterocycles. The third-order valence-corrected chi connectivity index (χ3v) is 4.64. The first kappa shape index (κ1) is 16.6. The van der Waals surface area contributed by atoms with Crippen LogP contribution in [-0.2, 0) is 11.2 Å². The van der Waals surface area contributed by atoms with Gasteiger partial charge in [-0.1, -0.05) is 42.0 Å². The summed E-state index contributed by atoms with van der Waals surface area (Å²) in [6.45, 7) is 4.24. The van der Waals surface area contributed by atoms with E-state index in [4.69, 9.17) is 0 Å². The Kier molecular flexibility index (Phi) is 5.52. The van der Waals surface area contributed by atoms with E-state index in [2.05, 4.69) is 47.5 Å². The van der Waals surface area contributed by atoms with Crippen molar-refractivity contribution in [1.82, 2.24) is 0 Å². The molecular weight excluding hydrogens is 296 g/mol. The van der Waals surface area contributed by atoms with Gasteiger partial charge >= 0.3 is 0 Å². The Morgan fingerprint density at radius 3 is 2.46 bits per heavy atom. The van der Waals surface area contributed by atoms with Crippen molar-refractivity contribution < 1.29 is 4.79 Å². The van der Waals surface area contributed by atoms with Crippen LogP contribution in [0.25, 0.3) is 0 Å². The van der Waals surface area contributed by atoms with Crippen molar-refractivity contribution in [1.29, 1.82) is 0 Å². The maximum atomic E-state index is 12.4. The fraction of sp³-hybridized carbons (Fsp3) is 0.381. The summed E-state index contributed by atoms with van der Waals surface area (Å²) >= 11 is 0. The molecule has 0 radical (unpaired) electrons. The Morgan fingerprint density at radius 2 is 1.71 bits per heavy atom. The van der Waals surface area contributed by atoms with Gasteiger partial charge in [-0.25, -0.2) is 0 Å². The topological polar surface area (TPSA) is 32.3 Å². The summed E-state index contributed by atoms with van der Waals surface area (Å²) < 4.78 is 0. The van der Waals surface area contributed by atoms with Gasteiger partial charge in [0.25, 0.3) is 0 Å². The molecule has 24 heavy (non-hydrogen) atoms. The van der Waals surface area contributed by atoms with Crippen LogP contribution in [0.2, 0.25) is 0 Å². The lowest BCUT2D eigenvalue weighted by Gasteiger charge is -2.30. The van der Waals surface area contributed by atoms with E-state index >= 15 is 0 Å². The maximum absolute atomic E-state index is 12.4. The highest BCUT2D eigenvalue weighted by molar-refractivity contribution is 5.94. The average molecular weight is 322 g/mol. The Bertz CT molecular complexity index is 672. The molecule has 0 spiro atoms. The number of nitrogens with one attached hydrogen (secondary N) is 1. The monoisotopic (exact) mass is 322 g/mol. The number of hydrogen-bond donors (Lipinski definition) is 1. The zero-order valence-corrected chi connectivity index (χ0v) is 14.4. The minimum absolute atomic E-state index is 0.0834. The summed E-state index contributed by atoms with van der Waals surface area (Å²) in [5, 5.41) is 3.11. The highest BCUT2D eigenvalue weighted by atomic mass is 16.1. The van der Waals surface area contributed by atoms with Crippen molar-refractivity contribution in [3.63, 3.8) is 0 Å². The summed E-state index contributed by atoms with van der Waals surface area (Å²) in [6, 6.07) is 16.6. The number of nitrogens with zero attached hydrogens (tertiary/aromatic N) is 1. The molecule has 1 N–H and O–H groups in total. The molecule has 1 aliphatic heterocycles. The van der Waals surface area contributed by atoms with E-state index in [1.165, 1.54) is 30.4 Å². The second-order valence-corrected chi connectivity index (χ2v) is 6.60. The van der Waals surface area contributed by atoms with E-state index in [0.717, 1.165) is 30.9 Å². The largest absolute Gasteiger partial charge is 0.370 e. The van der Waals surface area contributed by atoms with Crippen LogP contribution in [0.4, 0.5) is 11.4 Å². The van der Waals surface area contributed by atoms with Gasteiger partial charge < -0.3 is 10.2 Å². The van der Waals surface area contributed by atoms with Gasteiger partial charge in [-0.2, -0.15) is 0 Å². The van der Waals surface area contributed by atoms with Crippen molar-refractivity contribution >= 4 is 17.3 Å². The number of hydrogen-bond acceptors (Lipinski definition) is 2. The molecule has 3 nitrogen and oxygen atoms in total. The van der Waals surface area contributed by atoms with Crippen LogP contribution in [0, 0.1) is 6.92 Å². The summed E-state index contributed by atoms with van der Waals surface area (Å²) in [5.74, 6) is 0.0834. The van der Waals surface area contributed by atoms with Gasteiger partial charge in [0.1, 0.15) is 0 Å². The number of carbonyl (C=O) groups is 1. The van der Waals surface area contributed by atoms with Gasteiger partial charge in [0, 0.05) is 19.5 Å². The number of aryl methyl sites for hydroxylation is 2. The average Bonchev–Trinajstić information content (AvgIpc) is 2.62. The predicted octanol–water partition coefficient (Wildman–Crippen LogP) is 4.56. The van der Waals surface area contributed by atoms with Crippen molar-refractivity contribution in [3.05, 3.63) is 59.7 Å². The molecule has 0 bridgehead atoms. The van der Waals surface area contributed by atoms with Crippen LogP contribution < -0.4 is 10.2 Å². The quantitative estimate of drug-likeness (QED) is 0.875. The number of anilines is 2. The summed E-state index contributed by atoms with van der Waals surface area (Å²) in [6.07, 6.45) is 5.06. The van der Waals surface area contributed by atoms with Gasteiger partial charge in [0.2, 0.25) is 5.91 Å². The third-order valence-electron chi connectivity index (χ3n) is 4.64. The Hall–Kier alpha value is -2.29. The number of benzene rings is 2. The Morgan fingerprint density at radius 1 is 1.00 bits per heavy atom. The molecule has 1 heterocycles. The second kappa shape index (κ2) is 8.00. The molecule has 2 aromatic rings. The molecule has 0 saturated carbocycles. The molecule has 3 heteroatoms. The molecule has 3 rings (SSSR count). The standard InChI is InChI=1S/C21H26N2O/c1-17-9-11-18(12-10-17)13-14-21(24)22-19-7-3-4-8-20(19)23-15-5-2-6-16-23/h3-4,7-12H,2,5-6,13-16H2,1H3,(H,22,24). The predicted molar refractivity (Wildman–Crippen MR) is 101 cm³/mol. The van der Waals surface area contributed by atoms with Crippen LogP contribution in [-0.4, -0.2) is 19.0 Å². The third kappa shape index (κ3) is 4.38. The van der Waals surface area contributed by atoms with Crippen molar-refractivity contribution in [2.45, 2.75) is 39.0 Å². The minimum atomic E-state index is 0.0834. The van der Waals surface area contributed by atoms with Crippen LogP contribution in [0.5, 0.6) is 0 Å². The zero-order valence-electron chi connectivity index (χ0n) is 14.4. The van der Waals surface area contributed by atoms with Gasteiger partial charge in [-0.3, -0.25) is 4.79 Å². The fourth-order valence-electron chi connectivity index (χ4n) is 3.22. The van der Waals surface area contributed by atoms with E-state index in [-0.39, 0.29) is 5.91 Å². The molecule has 1 saturated heterocycles. The molecule has 1 amide bonds. The number of carbonyl (C=O) groups excluding carboxylic acids is 1. The highest BCUT2D eigenvalue weighted by Crippen LogP contribution is 2.28. The summed E-state index contributed by atoms with van der Waals surface area (Å²) in [7, 11) is 0. The normalized spacial score (nSPS) is 14.5. The lowest BCUT2D eigenvalue weighted by Crippen LogP contribution is -2.30. The van der Waals surface area contributed by atoms with E-state index in [1.54, 1.807) is 0 Å². The van der Waals surface area contributed by atoms with Crippen LogP contribution in [0.1, 0.15) is 36.8 Å². The first-order valence-corrected chi connectivity index (χ1v) is 8.92. The molecule has 1 aliphatic rings. The molecule has 0 aliphatic carbocycles. The second-order valence-electron chi connectivity index (χ2n) is 6.60. The Labute approximate surface area is 144 Å². The molecule has 0 unspecified atom stereocenters. The van der Waals surface area contributed by atoms with E-state index in [9.17, 15) is 4.79 Å². The van der Waals surface area contributed by atoms with Gasteiger partial charge in [-0.15, -0.1) is 0 Å². The molecule has 2 aromatic carbocycles. The van der Waals surface area contributed by atoms with Crippen LogP contribution in [0.3, 0.4) is 0 Å². The van der Waals surface area contributed by atoms with E-state index in [0.29, 0.717) is 6.42 Å². The lowest BCUT2D eigenvalue weighted by atomic mass is 10.1. The summed E-state index contributed by atoms with van der Waals surface area (Å²) in [4.78, 5) is 14.7. The number of piperidine rings is 1. The van der Waals surface area contributed by atoms with Crippen molar-refractivity contribution in [2.24, 2.45) is 0 Å². The zero-order chi connectivity index (χ0) is 16.8. The Balaban J connectivity index is 1.60. The van der Waals surface area contributed by atoms with Crippen LogP contribution in [0.15, 0.2) is 48.5 Å². The van der Waals surface area contributed by atoms with Crippen molar-refractivity contribution in [2.75, 3.05) is 23.3 Å². The van der Waals surface area contributed by atoms with Gasteiger partial charge in [0.05, 0.1) is 11.4 Å². The van der Waals surface area contributed by atoms with Crippen LogP contribution >= 0.6 is 0 Å². The SMILES string of the molecule is Cc1ccc(CCC(=O)Nc2ccccc2N2CCCCC2)cc1. The van der Waals surface area contributed by atoms with E-state index in [1.807, 2.05) is 18.2 Å². The molecular formula is C21H26N2O. The molecule has 0 atom stereocenters. The maximum Gasteiger partial charge on any atom is 0.224 e. The summed E-state index contributed by atoms with van der Waals surface area (Å²) in [5.41, 5.74) is 4.55. The lowest BCUT2D eigenvalue weighted by molar-refractivity contribution is -0.116. The van der Waals surface area contributed by atoms with E-state index < -0.39 is 0 Å². The number of amides is 1. The molecule has 1 fully saturated rings. The van der Waals surface area contributed by atoms with Crippen molar-refractivity contribution in [3.8, 4) is 0 Å². The highest BCUT2D eigenvalue weighted by Gasteiger charge is 2.15. The number of para-hydroxylation sites is 2. The smallest absolute Gasteiger partial charge is 0.224 e. The minimum Gasteiger partial charge on any atom is -0.370 e. The first-order chi connectivity index (χ1) is 11.7.